The van der Waals surface area contributed by atoms with E-state index >= 15 is 0 Å². The Morgan fingerprint density at radius 2 is 1.23 bits per heavy atom. The van der Waals surface area contributed by atoms with Crippen LogP contribution in [0.2, 0.25) is 0 Å². The number of nitrogens with one attached hydrogen (secondary N) is 1. The molecule has 0 saturated carbocycles. The van der Waals surface area contributed by atoms with Crippen molar-refractivity contribution in [2.75, 3.05) is 20.1 Å². The Labute approximate surface area is 180 Å². The zero-order valence-electron chi connectivity index (χ0n) is 18.2. The third kappa shape index (κ3) is 5.44. The lowest BCUT2D eigenvalue weighted by Crippen LogP contribution is -2.43. The fourth-order valence-corrected chi connectivity index (χ4v) is 3.94. The van der Waals surface area contributed by atoms with Gasteiger partial charge in [0.1, 0.15) is 0 Å². The molecule has 0 amide bonds. The van der Waals surface area contributed by atoms with Crippen LogP contribution in [0.5, 0.6) is 0 Å². The maximum Gasteiger partial charge on any atom is 0.158 e. The number of benzene rings is 3. The van der Waals surface area contributed by atoms with E-state index in [0.29, 0.717) is 6.54 Å². The molecule has 0 heterocycles. The molecule has 2 unspecified atom stereocenters. The third-order valence-electron chi connectivity index (χ3n) is 5.92. The van der Waals surface area contributed by atoms with Crippen molar-refractivity contribution in [3.8, 4) is 0 Å². The van der Waals surface area contributed by atoms with Crippen LogP contribution in [0.4, 0.5) is 0 Å². The van der Waals surface area contributed by atoms with Crippen LogP contribution in [0.25, 0.3) is 0 Å². The van der Waals surface area contributed by atoms with Crippen molar-refractivity contribution in [2.24, 2.45) is 0 Å². The number of carbonyl (C=O) groups is 1. The Hall–Kier alpha value is -2.75. The molecule has 2 atom stereocenters. The summed E-state index contributed by atoms with van der Waals surface area (Å²) >= 11 is 0. The number of carbonyl (C=O) groups excluding carboxylic acids is 1. The van der Waals surface area contributed by atoms with Gasteiger partial charge in [0, 0.05) is 12.1 Å². The molecule has 3 rings (SSSR count). The molecular formula is C27H32N2O. The Bertz CT molecular complexity index is 856. The average molecular weight is 401 g/mol. The summed E-state index contributed by atoms with van der Waals surface area (Å²) in [5.74, 6) is -0.0878. The standard InChI is InChI=1S/C27H32N2O/c1-4-29(3)21(2)27(24-18-12-7-13-19-24)28-20-25(30)26(22-14-8-5-9-15-22)23-16-10-6-11-17-23/h5-19,21,26-28H,4,20H2,1-3H3. The zero-order valence-corrected chi connectivity index (χ0v) is 18.2. The molecule has 0 spiro atoms. The number of Topliss-reactive ketones (excluding diaryl/α,β-unsaturated/α-hetero) is 1. The molecule has 0 saturated heterocycles. The predicted octanol–water partition coefficient (Wildman–Crippen LogP) is 5.06. The van der Waals surface area contributed by atoms with Gasteiger partial charge in [0.25, 0.3) is 0 Å². The van der Waals surface area contributed by atoms with Crippen LogP contribution < -0.4 is 5.32 Å². The lowest BCUT2D eigenvalue weighted by Gasteiger charge is -2.32. The zero-order chi connectivity index (χ0) is 21.3. The summed E-state index contributed by atoms with van der Waals surface area (Å²) in [6.07, 6.45) is 0. The highest BCUT2D eigenvalue weighted by atomic mass is 16.1. The molecule has 3 aromatic carbocycles. The molecule has 0 radical (unpaired) electrons. The highest BCUT2D eigenvalue weighted by molar-refractivity contribution is 5.90. The van der Waals surface area contributed by atoms with Gasteiger partial charge in [0.2, 0.25) is 0 Å². The van der Waals surface area contributed by atoms with E-state index in [1.54, 1.807) is 0 Å². The van der Waals surface area contributed by atoms with Crippen molar-refractivity contribution < 1.29 is 4.79 Å². The smallest absolute Gasteiger partial charge is 0.158 e. The number of rotatable bonds is 10. The summed E-state index contributed by atoms with van der Waals surface area (Å²) in [7, 11) is 2.13. The van der Waals surface area contributed by atoms with Crippen molar-refractivity contribution in [3.63, 3.8) is 0 Å². The minimum atomic E-state index is -0.268. The van der Waals surface area contributed by atoms with Crippen molar-refractivity contribution in [3.05, 3.63) is 108 Å². The minimum Gasteiger partial charge on any atom is -0.302 e. The van der Waals surface area contributed by atoms with Crippen molar-refractivity contribution in [1.29, 1.82) is 0 Å². The Morgan fingerprint density at radius 3 is 1.67 bits per heavy atom. The van der Waals surface area contributed by atoms with Gasteiger partial charge in [-0.2, -0.15) is 0 Å². The van der Waals surface area contributed by atoms with Gasteiger partial charge < -0.3 is 10.2 Å². The van der Waals surface area contributed by atoms with Crippen LogP contribution in [-0.2, 0) is 4.79 Å². The summed E-state index contributed by atoms with van der Waals surface area (Å²) in [5.41, 5.74) is 3.27. The van der Waals surface area contributed by atoms with E-state index in [-0.39, 0.29) is 23.8 Å². The number of likely N-dealkylation sites (N-methyl/N-ethyl adjacent to an activating group) is 1. The van der Waals surface area contributed by atoms with E-state index in [4.69, 9.17) is 0 Å². The normalized spacial score (nSPS) is 13.4. The molecule has 0 fully saturated rings. The Kier molecular flexibility index (Phi) is 7.95. The summed E-state index contributed by atoms with van der Waals surface area (Å²) in [4.78, 5) is 15.8. The van der Waals surface area contributed by atoms with Crippen LogP contribution in [0, 0.1) is 0 Å². The number of ketones is 1. The first-order valence-corrected chi connectivity index (χ1v) is 10.7. The van der Waals surface area contributed by atoms with Crippen LogP contribution in [0.15, 0.2) is 91.0 Å². The highest BCUT2D eigenvalue weighted by Crippen LogP contribution is 2.26. The fraction of sp³-hybridized carbons (Fsp3) is 0.296. The molecule has 0 aliphatic carbocycles. The number of hydrogen-bond acceptors (Lipinski definition) is 3. The SMILES string of the molecule is CCN(C)C(C)C(NCC(=O)C(c1ccccc1)c1ccccc1)c1ccccc1. The maximum absolute atomic E-state index is 13.5. The molecule has 3 heteroatoms. The average Bonchev–Trinajstić information content (AvgIpc) is 2.81. The largest absolute Gasteiger partial charge is 0.302 e. The van der Waals surface area contributed by atoms with E-state index in [0.717, 1.165) is 17.7 Å². The fourth-order valence-electron chi connectivity index (χ4n) is 3.94. The first-order chi connectivity index (χ1) is 14.6. The van der Waals surface area contributed by atoms with Crippen molar-refractivity contribution in [2.45, 2.75) is 31.8 Å². The highest BCUT2D eigenvalue weighted by Gasteiger charge is 2.26. The van der Waals surface area contributed by atoms with E-state index in [9.17, 15) is 4.79 Å². The molecule has 3 aromatic rings. The second kappa shape index (κ2) is 10.9. The molecule has 30 heavy (non-hydrogen) atoms. The summed E-state index contributed by atoms with van der Waals surface area (Å²) in [6.45, 7) is 5.64. The van der Waals surface area contributed by atoms with E-state index in [1.807, 2.05) is 66.7 Å². The lowest BCUT2D eigenvalue weighted by atomic mass is 9.87. The molecule has 3 nitrogen and oxygen atoms in total. The molecule has 0 aliphatic rings. The van der Waals surface area contributed by atoms with Gasteiger partial charge in [-0.15, -0.1) is 0 Å². The Morgan fingerprint density at radius 1 is 0.800 bits per heavy atom. The predicted molar refractivity (Wildman–Crippen MR) is 125 cm³/mol. The van der Waals surface area contributed by atoms with Gasteiger partial charge in [-0.05, 0) is 37.2 Å². The van der Waals surface area contributed by atoms with Gasteiger partial charge in [0.05, 0.1) is 12.5 Å². The third-order valence-corrected chi connectivity index (χ3v) is 5.92. The van der Waals surface area contributed by atoms with Crippen LogP contribution in [0.3, 0.4) is 0 Å². The topological polar surface area (TPSA) is 32.3 Å². The quantitative estimate of drug-likeness (QED) is 0.516. The van der Waals surface area contributed by atoms with E-state index < -0.39 is 0 Å². The van der Waals surface area contributed by atoms with E-state index in [2.05, 4.69) is 55.4 Å². The molecule has 1 N–H and O–H groups in total. The maximum atomic E-state index is 13.5. The lowest BCUT2D eigenvalue weighted by molar-refractivity contribution is -0.119. The minimum absolute atomic E-state index is 0.0762. The van der Waals surface area contributed by atoms with Gasteiger partial charge in [-0.1, -0.05) is 97.9 Å². The van der Waals surface area contributed by atoms with Gasteiger partial charge in [-0.25, -0.2) is 0 Å². The van der Waals surface area contributed by atoms with Gasteiger partial charge >= 0.3 is 0 Å². The summed E-state index contributed by atoms with van der Waals surface area (Å²) in [6, 6.07) is 30.9. The van der Waals surface area contributed by atoms with Crippen LogP contribution in [0.1, 0.15) is 42.5 Å². The first-order valence-electron chi connectivity index (χ1n) is 10.7. The molecule has 0 bridgehead atoms. The van der Waals surface area contributed by atoms with Crippen molar-refractivity contribution in [1.82, 2.24) is 10.2 Å². The molecule has 0 aliphatic heterocycles. The second-order valence-electron chi connectivity index (χ2n) is 7.80. The van der Waals surface area contributed by atoms with Gasteiger partial charge in [0.15, 0.2) is 5.78 Å². The van der Waals surface area contributed by atoms with E-state index in [1.165, 1.54) is 5.56 Å². The Balaban J connectivity index is 1.83. The van der Waals surface area contributed by atoms with Crippen LogP contribution in [-0.4, -0.2) is 36.9 Å². The van der Waals surface area contributed by atoms with Gasteiger partial charge in [-0.3, -0.25) is 4.79 Å². The second-order valence-corrected chi connectivity index (χ2v) is 7.80. The number of hydrogen-bond donors (Lipinski definition) is 1. The molecule has 156 valence electrons. The van der Waals surface area contributed by atoms with Crippen LogP contribution >= 0.6 is 0 Å². The first kappa shape index (κ1) is 21.9. The van der Waals surface area contributed by atoms with Crippen molar-refractivity contribution >= 4 is 5.78 Å². The molecular weight excluding hydrogens is 368 g/mol. The summed E-state index contributed by atoms with van der Waals surface area (Å²) < 4.78 is 0. The summed E-state index contributed by atoms with van der Waals surface area (Å²) in [5, 5.41) is 3.58. The molecule has 0 aromatic heterocycles. The number of nitrogens with zero attached hydrogens (tertiary/aromatic N) is 1. The monoisotopic (exact) mass is 400 g/mol.